The first-order chi connectivity index (χ1) is 10.2. The third-order valence-corrected chi connectivity index (χ3v) is 5.39. The van der Waals surface area contributed by atoms with E-state index in [2.05, 4.69) is 22.0 Å². The van der Waals surface area contributed by atoms with Gasteiger partial charge in [0.05, 0.1) is 19.1 Å². The summed E-state index contributed by atoms with van der Waals surface area (Å²) in [6, 6.07) is 0.351. The highest BCUT2D eigenvalue weighted by atomic mass is 16.5. The number of likely N-dealkylation sites (tertiary alicyclic amines) is 1. The number of ether oxygens (including phenoxy) is 1. The van der Waals surface area contributed by atoms with Crippen LogP contribution in [-0.4, -0.2) is 74.2 Å². The molecule has 3 aliphatic rings. The molecular weight excluding hydrogens is 266 g/mol. The molecule has 3 rings (SSSR count). The highest BCUT2D eigenvalue weighted by molar-refractivity contribution is 5.80. The summed E-state index contributed by atoms with van der Waals surface area (Å²) in [4.78, 5) is 17.2. The SMILES string of the molecule is CC1NCCC1C(=O)N1CCC(CN2CCOCC2)CC1. The lowest BCUT2D eigenvalue weighted by atomic mass is 9.93. The zero-order valence-electron chi connectivity index (χ0n) is 13.2. The fraction of sp³-hybridized carbons (Fsp3) is 0.938. The third-order valence-electron chi connectivity index (χ3n) is 5.39. The second kappa shape index (κ2) is 7.07. The Kier molecular flexibility index (Phi) is 5.14. The van der Waals surface area contributed by atoms with Crippen molar-refractivity contribution in [3.63, 3.8) is 0 Å². The Morgan fingerprint density at radius 2 is 1.86 bits per heavy atom. The van der Waals surface area contributed by atoms with Crippen LogP contribution in [0.1, 0.15) is 26.2 Å². The molecule has 0 aliphatic carbocycles. The van der Waals surface area contributed by atoms with Gasteiger partial charge in [-0.3, -0.25) is 9.69 Å². The number of hydrogen-bond acceptors (Lipinski definition) is 4. The van der Waals surface area contributed by atoms with E-state index in [1.54, 1.807) is 0 Å². The summed E-state index contributed by atoms with van der Waals surface area (Å²) in [5.41, 5.74) is 0. The Labute approximate surface area is 128 Å². The zero-order chi connectivity index (χ0) is 14.7. The van der Waals surface area contributed by atoms with Crippen LogP contribution in [0.3, 0.4) is 0 Å². The third kappa shape index (κ3) is 3.76. The molecule has 0 aromatic carbocycles. The minimum absolute atomic E-state index is 0.209. The molecule has 3 aliphatic heterocycles. The van der Waals surface area contributed by atoms with Crippen LogP contribution in [0.25, 0.3) is 0 Å². The molecule has 3 saturated heterocycles. The van der Waals surface area contributed by atoms with Gasteiger partial charge in [0.15, 0.2) is 0 Å². The molecule has 5 heteroatoms. The van der Waals surface area contributed by atoms with Crippen LogP contribution >= 0.6 is 0 Å². The lowest BCUT2D eigenvalue weighted by molar-refractivity contribution is -0.137. The molecular formula is C16H29N3O2. The quantitative estimate of drug-likeness (QED) is 0.826. The van der Waals surface area contributed by atoms with E-state index in [1.807, 2.05) is 0 Å². The molecule has 2 unspecified atom stereocenters. The summed E-state index contributed by atoms with van der Waals surface area (Å²) in [7, 11) is 0. The van der Waals surface area contributed by atoms with Crippen molar-refractivity contribution in [2.24, 2.45) is 11.8 Å². The molecule has 3 heterocycles. The number of carbonyl (C=O) groups excluding carboxylic acids is 1. The Morgan fingerprint density at radius 1 is 1.14 bits per heavy atom. The fourth-order valence-electron chi connectivity index (χ4n) is 3.92. The molecule has 1 amide bonds. The van der Waals surface area contributed by atoms with Crippen LogP contribution in [0.4, 0.5) is 0 Å². The molecule has 0 saturated carbocycles. The van der Waals surface area contributed by atoms with E-state index in [1.165, 1.54) is 6.54 Å². The largest absolute Gasteiger partial charge is 0.379 e. The van der Waals surface area contributed by atoms with Crippen LogP contribution < -0.4 is 5.32 Å². The number of nitrogens with one attached hydrogen (secondary N) is 1. The van der Waals surface area contributed by atoms with E-state index in [9.17, 15) is 4.79 Å². The Morgan fingerprint density at radius 3 is 2.48 bits per heavy atom. The van der Waals surface area contributed by atoms with Crippen molar-refractivity contribution in [2.75, 3.05) is 52.5 Å². The smallest absolute Gasteiger partial charge is 0.227 e. The van der Waals surface area contributed by atoms with Crippen molar-refractivity contribution in [2.45, 2.75) is 32.2 Å². The maximum atomic E-state index is 12.6. The molecule has 21 heavy (non-hydrogen) atoms. The van der Waals surface area contributed by atoms with Crippen LogP contribution in [0, 0.1) is 11.8 Å². The second-order valence-electron chi connectivity index (χ2n) is 6.82. The lowest BCUT2D eigenvalue weighted by Gasteiger charge is -2.37. The number of hydrogen-bond donors (Lipinski definition) is 1. The van der Waals surface area contributed by atoms with Crippen molar-refractivity contribution >= 4 is 5.91 Å². The zero-order valence-corrected chi connectivity index (χ0v) is 13.2. The molecule has 0 spiro atoms. The Bertz CT molecular complexity index is 349. The lowest BCUT2D eigenvalue weighted by Crippen LogP contribution is -2.46. The summed E-state index contributed by atoms with van der Waals surface area (Å²) in [6.45, 7) is 10.1. The maximum absolute atomic E-state index is 12.6. The molecule has 120 valence electrons. The molecule has 0 aromatic rings. The van der Waals surface area contributed by atoms with Crippen LogP contribution in [0.15, 0.2) is 0 Å². The van der Waals surface area contributed by atoms with Gasteiger partial charge in [-0.15, -0.1) is 0 Å². The van der Waals surface area contributed by atoms with Crippen molar-refractivity contribution in [1.29, 1.82) is 0 Å². The molecule has 0 aromatic heterocycles. The summed E-state index contributed by atoms with van der Waals surface area (Å²) < 4.78 is 5.40. The first-order valence-corrected chi connectivity index (χ1v) is 8.56. The molecule has 0 bridgehead atoms. The summed E-state index contributed by atoms with van der Waals surface area (Å²) >= 11 is 0. The highest BCUT2D eigenvalue weighted by Gasteiger charge is 2.34. The Hall–Kier alpha value is -0.650. The summed E-state index contributed by atoms with van der Waals surface area (Å²) in [5, 5.41) is 3.39. The number of amides is 1. The topological polar surface area (TPSA) is 44.8 Å². The van der Waals surface area contributed by atoms with Crippen LogP contribution in [-0.2, 0) is 9.53 Å². The first-order valence-electron chi connectivity index (χ1n) is 8.56. The van der Waals surface area contributed by atoms with Crippen molar-refractivity contribution in [3.8, 4) is 0 Å². The van der Waals surface area contributed by atoms with Crippen molar-refractivity contribution < 1.29 is 9.53 Å². The van der Waals surface area contributed by atoms with Gasteiger partial charge < -0.3 is 15.0 Å². The van der Waals surface area contributed by atoms with E-state index in [-0.39, 0.29) is 5.92 Å². The van der Waals surface area contributed by atoms with E-state index in [0.717, 1.165) is 71.1 Å². The average Bonchev–Trinajstić information content (AvgIpc) is 2.94. The number of piperidine rings is 1. The Balaban J connectivity index is 1.43. The number of nitrogens with zero attached hydrogens (tertiary/aromatic N) is 2. The van der Waals surface area contributed by atoms with Gasteiger partial charge in [0.25, 0.3) is 0 Å². The average molecular weight is 295 g/mol. The predicted molar refractivity (Wildman–Crippen MR) is 82.1 cm³/mol. The minimum Gasteiger partial charge on any atom is -0.379 e. The normalized spacial score (nSPS) is 32.5. The number of rotatable bonds is 3. The van der Waals surface area contributed by atoms with Crippen molar-refractivity contribution in [1.82, 2.24) is 15.1 Å². The van der Waals surface area contributed by atoms with E-state index in [4.69, 9.17) is 4.74 Å². The highest BCUT2D eigenvalue weighted by Crippen LogP contribution is 2.24. The van der Waals surface area contributed by atoms with Gasteiger partial charge in [0.1, 0.15) is 0 Å². The molecule has 0 radical (unpaired) electrons. The number of morpholine rings is 1. The molecule has 1 N–H and O–H groups in total. The predicted octanol–water partition coefficient (Wildman–Crippen LogP) is 0.555. The monoisotopic (exact) mass is 295 g/mol. The second-order valence-corrected chi connectivity index (χ2v) is 6.82. The van der Waals surface area contributed by atoms with Gasteiger partial charge in [0, 0.05) is 38.8 Å². The van der Waals surface area contributed by atoms with Crippen LogP contribution in [0.2, 0.25) is 0 Å². The summed E-state index contributed by atoms with van der Waals surface area (Å²) in [5.74, 6) is 1.35. The number of carbonyl (C=O) groups is 1. The van der Waals surface area contributed by atoms with Crippen molar-refractivity contribution in [3.05, 3.63) is 0 Å². The standard InChI is InChI=1S/C16H29N3O2/c1-13-15(2-5-17-13)16(20)19-6-3-14(4-7-19)12-18-8-10-21-11-9-18/h13-15,17H,2-12H2,1H3. The maximum Gasteiger partial charge on any atom is 0.227 e. The van der Waals surface area contributed by atoms with Gasteiger partial charge in [0.2, 0.25) is 5.91 Å². The van der Waals surface area contributed by atoms with Crippen LogP contribution in [0.5, 0.6) is 0 Å². The van der Waals surface area contributed by atoms with Gasteiger partial charge in [-0.25, -0.2) is 0 Å². The van der Waals surface area contributed by atoms with Gasteiger partial charge in [-0.1, -0.05) is 0 Å². The van der Waals surface area contributed by atoms with E-state index >= 15 is 0 Å². The van der Waals surface area contributed by atoms with Gasteiger partial charge in [-0.2, -0.15) is 0 Å². The van der Waals surface area contributed by atoms with Gasteiger partial charge in [-0.05, 0) is 38.6 Å². The first kappa shape index (κ1) is 15.3. The fourth-order valence-corrected chi connectivity index (χ4v) is 3.92. The van der Waals surface area contributed by atoms with E-state index < -0.39 is 0 Å². The minimum atomic E-state index is 0.209. The summed E-state index contributed by atoms with van der Waals surface area (Å²) in [6.07, 6.45) is 3.34. The van der Waals surface area contributed by atoms with Gasteiger partial charge >= 0.3 is 0 Å². The van der Waals surface area contributed by atoms with E-state index in [0.29, 0.717) is 11.9 Å². The molecule has 3 fully saturated rings. The molecule has 2 atom stereocenters. The molecule has 5 nitrogen and oxygen atoms in total.